The molecule has 4 fully saturated rings. The highest BCUT2D eigenvalue weighted by Gasteiger charge is 2.46. The van der Waals surface area contributed by atoms with Crippen LogP contribution < -0.4 is 16.2 Å². The summed E-state index contributed by atoms with van der Waals surface area (Å²) in [5, 5.41) is 4.01. The van der Waals surface area contributed by atoms with E-state index in [1.54, 1.807) is 0 Å². The maximum absolute atomic E-state index is 6.28. The van der Waals surface area contributed by atoms with Gasteiger partial charge in [-0.05, 0) is 50.9 Å². The van der Waals surface area contributed by atoms with Crippen molar-refractivity contribution in [3.05, 3.63) is 0 Å². The Bertz CT molecular complexity index is 386. The fraction of sp³-hybridized carbons (Fsp3) is 1.00. The molecular weight excluding hydrogens is 314 g/mol. The molecule has 0 aromatic rings. The van der Waals surface area contributed by atoms with Crippen molar-refractivity contribution in [1.29, 1.82) is 0 Å². The van der Waals surface area contributed by atoms with Gasteiger partial charge < -0.3 is 9.47 Å². The molecule has 0 aromatic heterocycles. The van der Waals surface area contributed by atoms with Gasteiger partial charge in [-0.15, -0.1) is 11.6 Å². The molecule has 0 spiro atoms. The van der Waals surface area contributed by atoms with Crippen LogP contribution in [0.4, 0.5) is 0 Å². The largest absolute Gasteiger partial charge is 0.377 e. The molecule has 3 N–H and O–H groups in total. The number of halogens is 1. The second-order valence-corrected chi connectivity index (χ2v) is 8.25. The Balaban J connectivity index is 1.33. The summed E-state index contributed by atoms with van der Waals surface area (Å²) in [6.45, 7) is 2.71. The first-order valence-corrected chi connectivity index (χ1v) is 9.86. The number of nitrogens with one attached hydrogen (secondary N) is 3. The van der Waals surface area contributed by atoms with E-state index in [2.05, 4.69) is 16.2 Å². The Morgan fingerprint density at radius 2 is 1.83 bits per heavy atom. The summed E-state index contributed by atoms with van der Waals surface area (Å²) in [7, 11) is 0. The number of ether oxygens (including phenoxy) is 2. The van der Waals surface area contributed by atoms with E-state index in [1.165, 1.54) is 32.1 Å². The van der Waals surface area contributed by atoms with Gasteiger partial charge in [-0.2, -0.15) is 0 Å². The molecule has 5 atom stereocenters. The summed E-state index contributed by atoms with van der Waals surface area (Å²) in [6.07, 6.45) is 9.16. The molecule has 4 aliphatic rings. The predicted molar refractivity (Wildman–Crippen MR) is 90.3 cm³/mol. The maximum Gasteiger partial charge on any atom is 0.0974 e. The van der Waals surface area contributed by atoms with Crippen molar-refractivity contribution in [3.8, 4) is 0 Å². The Labute approximate surface area is 144 Å². The molecule has 1 saturated carbocycles. The van der Waals surface area contributed by atoms with E-state index in [9.17, 15) is 0 Å². The average Bonchev–Trinajstić information content (AvgIpc) is 3.25. The van der Waals surface area contributed by atoms with Crippen molar-refractivity contribution in [2.45, 2.75) is 74.7 Å². The Morgan fingerprint density at radius 3 is 2.61 bits per heavy atom. The van der Waals surface area contributed by atoms with Crippen molar-refractivity contribution in [3.63, 3.8) is 0 Å². The van der Waals surface area contributed by atoms with Crippen molar-refractivity contribution in [2.24, 2.45) is 11.8 Å². The first kappa shape index (κ1) is 16.6. The smallest absolute Gasteiger partial charge is 0.0974 e. The van der Waals surface area contributed by atoms with Gasteiger partial charge in [-0.3, -0.25) is 10.7 Å². The minimum absolute atomic E-state index is 0.187. The summed E-state index contributed by atoms with van der Waals surface area (Å²) in [5.41, 5.74) is 7.12. The van der Waals surface area contributed by atoms with Crippen LogP contribution in [-0.2, 0) is 9.47 Å². The van der Waals surface area contributed by atoms with E-state index < -0.39 is 0 Å². The second kappa shape index (κ2) is 7.54. The van der Waals surface area contributed by atoms with Crippen LogP contribution >= 0.6 is 11.6 Å². The van der Waals surface area contributed by atoms with Gasteiger partial charge in [0.25, 0.3) is 0 Å². The van der Waals surface area contributed by atoms with Gasteiger partial charge in [-0.1, -0.05) is 0 Å². The lowest BCUT2D eigenvalue weighted by Crippen LogP contribution is -2.68. The lowest BCUT2D eigenvalue weighted by Gasteiger charge is -2.45. The molecule has 0 amide bonds. The van der Waals surface area contributed by atoms with E-state index in [0.29, 0.717) is 23.4 Å². The molecule has 5 nitrogen and oxygen atoms in total. The lowest BCUT2D eigenvalue weighted by molar-refractivity contribution is -0.0155. The Morgan fingerprint density at radius 1 is 0.957 bits per heavy atom. The summed E-state index contributed by atoms with van der Waals surface area (Å²) in [4.78, 5) is 0. The number of hydrogen-bond donors (Lipinski definition) is 3. The van der Waals surface area contributed by atoms with Gasteiger partial charge in [0.15, 0.2) is 0 Å². The third kappa shape index (κ3) is 3.70. The molecule has 0 radical (unpaired) electrons. The maximum atomic E-state index is 6.28. The minimum Gasteiger partial charge on any atom is -0.377 e. The van der Waals surface area contributed by atoms with Crippen molar-refractivity contribution in [1.82, 2.24) is 16.2 Å². The van der Waals surface area contributed by atoms with Gasteiger partial charge in [0.1, 0.15) is 0 Å². The highest BCUT2D eigenvalue weighted by Crippen LogP contribution is 2.38. The topological polar surface area (TPSA) is 54.5 Å². The summed E-state index contributed by atoms with van der Waals surface area (Å²) in [6, 6.07) is 0.521. The van der Waals surface area contributed by atoms with Crippen molar-refractivity contribution >= 4 is 11.6 Å². The zero-order valence-corrected chi connectivity index (χ0v) is 14.6. The third-order valence-electron chi connectivity index (χ3n) is 6.18. The molecule has 132 valence electrons. The van der Waals surface area contributed by atoms with Crippen LogP contribution in [0.5, 0.6) is 0 Å². The molecule has 0 bridgehead atoms. The predicted octanol–water partition coefficient (Wildman–Crippen LogP) is 1.76. The van der Waals surface area contributed by atoms with E-state index in [-0.39, 0.29) is 12.3 Å². The molecule has 4 unspecified atom stereocenters. The van der Waals surface area contributed by atoms with Crippen molar-refractivity contribution in [2.75, 3.05) is 19.8 Å². The van der Waals surface area contributed by atoms with Crippen LogP contribution in [0, 0.1) is 11.8 Å². The highest BCUT2D eigenvalue weighted by atomic mass is 35.5. The standard InChI is InChI=1S/C17H30ClN3O2/c18-12-5-3-11(4-6-12)15-14-7-9-23-16(14)17(21-20-15)19-10-13-2-1-8-22-13/h11-17,19-21H,1-10H2/t11?,12?,13-,14?,15?,16?,17?/m0/s1. The van der Waals surface area contributed by atoms with Gasteiger partial charge in [0, 0.05) is 37.1 Å². The quantitative estimate of drug-likeness (QED) is 0.679. The van der Waals surface area contributed by atoms with E-state index in [1.807, 2.05) is 0 Å². The fourth-order valence-corrected chi connectivity index (χ4v) is 5.12. The highest BCUT2D eigenvalue weighted by molar-refractivity contribution is 6.20. The van der Waals surface area contributed by atoms with Gasteiger partial charge >= 0.3 is 0 Å². The van der Waals surface area contributed by atoms with Gasteiger partial charge in [0.2, 0.25) is 0 Å². The number of hydrazine groups is 1. The zero-order valence-electron chi connectivity index (χ0n) is 13.8. The first-order valence-electron chi connectivity index (χ1n) is 9.43. The Kier molecular flexibility index (Phi) is 5.43. The molecular formula is C17H30ClN3O2. The minimum atomic E-state index is 0.187. The first-order chi connectivity index (χ1) is 11.3. The van der Waals surface area contributed by atoms with Crippen LogP contribution in [0.2, 0.25) is 0 Å². The van der Waals surface area contributed by atoms with Crippen LogP contribution in [0.3, 0.4) is 0 Å². The summed E-state index contributed by atoms with van der Waals surface area (Å²) in [5.74, 6) is 1.33. The van der Waals surface area contributed by atoms with E-state index in [0.717, 1.165) is 38.5 Å². The Hall–Kier alpha value is 0.0900. The number of hydrogen-bond acceptors (Lipinski definition) is 5. The van der Waals surface area contributed by atoms with Crippen LogP contribution in [-0.4, -0.2) is 49.6 Å². The molecule has 1 aliphatic carbocycles. The molecule has 3 aliphatic heterocycles. The monoisotopic (exact) mass is 343 g/mol. The second-order valence-electron chi connectivity index (χ2n) is 7.64. The molecule has 3 heterocycles. The number of rotatable bonds is 4. The summed E-state index contributed by atoms with van der Waals surface area (Å²) < 4.78 is 11.8. The van der Waals surface area contributed by atoms with E-state index in [4.69, 9.17) is 21.1 Å². The molecule has 4 rings (SSSR count). The van der Waals surface area contributed by atoms with Crippen molar-refractivity contribution < 1.29 is 9.47 Å². The molecule has 3 saturated heterocycles. The number of alkyl halides is 1. The lowest BCUT2D eigenvalue weighted by atomic mass is 9.75. The number of fused-ring (bicyclic) bond motifs is 1. The fourth-order valence-electron chi connectivity index (χ4n) is 4.87. The van der Waals surface area contributed by atoms with Crippen LogP contribution in [0.1, 0.15) is 44.9 Å². The normalized spacial score (nSPS) is 47.6. The third-order valence-corrected chi connectivity index (χ3v) is 6.61. The van der Waals surface area contributed by atoms with Crippen LogP contribution in [0.15, 0.2) is 0 Å². The molecule has 0 aromatic carbocycles. The van der Waals surface area contributed by atoms with Crippen LogP contribution in [0.25, 0.3) is 0 Å². The molecule has 6 heteroatoms. The molecule has 23 heavy (non-hydrogen) atoms. The van der Waals surface area contributed by atoms with E-state index >= 15 is 0 Å². The van der Waals surface area contributed by atoms with Gasteiger partial charge in [0.05, 0.1) is 18.4 Å². The van der Waals surface area contributed by atoms with Gasteiger partial charge in [-0.25, -0.2) is 5.43 Å². The SMILES string of the molecule is ClC1CCC(C2NNC(NC[C@@H]3CCCO3)C3OCCC23)CC1. The summed E-state index contributed by atoms with van der Waals surface area (Å²) >= 11 is 6.28. The average molecular weight is 344 g/mol. The zero-order chi connectivity index (χ0) is 15.6.